The summed E-state index contributed by atoms with van der Waals surface area (Å²) in [5, 5.41) is 12.9. The van der Waals surface area contributed by atoms with E-state index in [1.54, 1.807) is 6.07 Å². The van der Waals surface area contributed by atoms with Crippen molar-refractivity contribution in [2.24, 2.45) is 0 Å². The zero-order chi connectivity index (χ0) is 25.1. The number of halogens is 1. The van der Waals surface area contributed by atoms with Crippen LogP contribution in [-0.2, 0) is 16.0 Å². The molecule has 0 spiro atoms. The first-order valence-corrected chi connectivity index (χ1v) is 11.8. The van der Waals surface area contributed by atoms with Gasteiger partial charge in [-0.1, -0.05) is 60.1 Å². The van der Waals surface area contributed by atoms with E-state index in [4.69, 9.17) is 21.3 Å². The van der Waals surface area contributed by atoms with Crippen LogP contribution in [0.3, 0.4) is 0 Å². The number of nitriles is 1. The molecule has 6 nitrogen and oxygen atoms in total. The highest BCUT2D eigenvalue weighted by molar-refractivity contribution is 6.31. The molecule has 3 aromatic carbocycles. The van der Waals surface area contributed by atoms with Crippen LogP contribution in [0.15, 0.2) is 72.8 Å². The monoisotopic (exact) mass is 493 g/mol. The topological polar surface area (TPSA) is 92.1 Å². The molecule has 1 aromatic heterocycles. The number of aromatic nitrogens is 1. The van der Waals surface area contributed by atoms with E-state index in [1.807, 2.05) is 60.7 Å². The largest absolute Gasteiger partial charge is 0.452 e. The second-order valence-corrected chi connectivity index (χ2v) is 8.77. The number of para-hydroxylation sites is 1. The quantitative estimate of drug-likeness (QED) is 0.342. The number of fused-ring (bicyclic) bond motifs is 2. The third kappa shape index (κ3) is 4.70. The van der Waals surface area contributed by atoms with Gasteiger partial charge in [0, 0.05) is 10.4 Å². The van der Waals surface area contributed by atoms with Gasteiger partial charge in [0.1, 0.15) is 6.07 Å². The molecule has 0 bridgehead atoms. The van der Waals surface area contributed by atoms with Crippen molar-refractivity contribution in [2.75, 3.05) is 11.9 Å². The number of amides is 1. The number of anilines is 1. The highest BCUT2D eigenvalue weighted by Gasteiger charge is 2.28. The molecule has 7 heteroatoms. The van der Waals surface area contributed by atoms with Gasteiger partial charge in [-0.3, -0.25) is 4.79 Å². The van der Waals surface area contributed by atoms with Crippen LogP contribution < -0.4 is 5.32 Å². The second-order valence-electron chi connectivity index (χ2n) is 8.34. The normalized spacial score (nSPS) is 13.3. The first kappa shape index (κ1) is 23.3. The van der Waals surface area contributed by atoms with Crippen molar-refractivity contribution in [1.82, 2.24) is 4.98 Å². The number of ether oxygens (including phenoxy) is 1. The molecule has 5 rings (SSSR count). The molecule has 36 heavy (non-hydrogen) atoms. The predicted molar refractivity (Wildman–Crippen MR) is 139 cm³/mol. The van der Waals surface area contributed by atoms with E-state index in [0.29, 0.717) is 27.9 Å². The fourth-order valence-electron chi connectivity index (χ4n) is 4.37. The van der Waals surface area contributed by atoms with Gasteiger partial charge in [-0.05, 0) is 59.9 Å². The van der Waals surface area contributed by atoms with Crippen LogP contribution in [-0.4, -0.2) is 23.5 Å². The molecule has 0 saturated heterocycles. The van der Waals surface area contributed by atoms with Crippen LogP contribution in [0.2, 0.25) is 5.02 Å². The lowest BCUT2D eigenvalue weighted by Gasteiger charge is -2.13. The Bertz CT molecular complexity index is 1570. The summed E-state index contributed by atoms with van der Waals surface area (Å²) in [6.07, 6.45) is 3.49. The summed E-state index contributed by atoms with van der Waals surface area (Å²) in [5.41, 5.74) is 5.36. The Balaban J connectivity index is 1.42. The number of allylic oxidation sites excluding steroid dienone is 1. The standard InChI is InChI=1S/C29H20ClN3O3/c30-21-12-10-20(16-31)25(15-21)32-26(34)17-36-29(35)27-22-8-4-5-9-24(22)33-28-19(11-13-23(27)28)14-18-6-2-1-3-7-18/h1-10,12,14-15H,11,13,17H2,(H,32,34)/b19-14+. The second kappa shape index (κ2) is 10.0. The Hall–Kier alpha value is -4.47. The third-order valence-electron chi connectivity index (χ3n) is 6.00. The summed E-state index contributed by atoms with van der Waals surface area (Å²) in [5.74, 6) is -1.16. The van der Waals surface area contributed by atoms with Gasteiger partial charge in [-0.15, -0.1) is 0 Å². The number of nitrogens with one attached hydrogen (secondary N) is 1. The van der Waals surface area contributed by atoms with E-state index in [1.165, 1.54) is 12.1 Å². The van der Waals surface area contributed by atoms with Gasteiger partial charge in [-0.2, -0.15) is 5.26 Å². The molecule has 4 aromatic rings. The maximum atomic E-state index is 13.3. The minimum absolute atomic E-state index is 0.259. The van der Waals surface area contributed by atoms with Crippen molar-refractivity contribution < 1.29 is 14.3 Å². The molecule has 1 aliphatic carbocycles. The number of benzene rings is 3. The third-order valence-corrected chi connectivity index (χ3v) is 6.23. The molecule has 1 heterocycles. The molecular formula is C29H20ClN3O3. The maximum absolute atomic E-state index is 13.3. The lowest BCUT2D eigenvalue weighted by atomic mass is 10.0. The zero-order valence-electron chi connectivity index (χ0n) is 19.1. The van der Waals surface area contributed by atoms with Gasteiger partial charge in [0.25, 0.3) is 5.91 Å². The van der Waals surface area contributed by atoms with Crippen LogP contribution in [0.25, 0.3) is 22.6 Å². The van der Waals surface area contributed by atoms with Gasteiger partial charge in [-0.25, -0.2) is 9.78 Å². The SMILES string of the molecule is N#Cc1ccc(Cl)cc1NC(=O)COC(=O)c1c2c(nc3ccccc13)/C(=C/c1ccccc1)CC2. The van der Waals surface area contributed by atoms with E-state index >= 15 is 0 Å². The molecule has 0 atom stereocenters. The van der Waals surface area contributed by atoms with Crippen molar-refractivity contribution >= 4 is 51.7 Å². The summed E-state index contributed by atoms with van der Waals surface area (Å²) < 4.78 is 5.44. The Morgan fingerprint density at radius 1 is 1.06 bits per heavy atom. The molecule has 0 fully saturated rings. The number of nitrogens with zero attached hydrogens (tertiary/aromatic N) is 2. The van der Waals surface area contributed by atoms with Crippen molar-refractivity contribution in [3.63, 3.8) is 0 Å². The Kier molecular flexibility index (Phi) is 6.48. The summed E-state index contributed by atoms with van der Waals surface area (Å²) in [6.45, 7) is -0.506. The smallest absolute Gasteiger partial charge is 0.339 e. The predicted octanol–water partition coefficient (Wildman–Crippen LogP) is 6.04. The first-order valence-electron chi connectivity index (χ1n) is 11.4. The molecule has 1 aliphatic rings. The van der Waals surface area contributed by atoms with Crippen LogP contribution in [0.4, 0.5) is 5.69 Å². The van der Waals surface area contributed by atoms with E-state index in [9.17, 15) is 14.9 Å². The Morgan fingerprint density at radius 2 is 1.83 bits per heavy atom. The summed E-state index contributed by atoms with van der Waals surface area (Å²) in [6, 6.07) is 23.9. The van der Waals surface area contributed by atoms with E-state index < -0.39 is 18.5 Å². The number of rotatable bonds is 5. The summed E-state index contributed by atoms with van der Waals surface area (Å²) >= 11 is 5.98. The number of carbonyl (C=O) groups excluding carboxylic acids is 2. The molecule has 0 radical (unpaired) electrons. The molecular weight excluding hydrogens is 474 g/mol. The number of esters is 1. The van der Waals surface area contributed by atoms with Gasteiger partial charge < -0.3 is 10.1 Å². The molecule has 0 unspecified atom stereocenters. The van der Waals surface area contributed by atoms with Crippen LogP contribution in [0.1, 0.15) is 39.2 Å². The van der Waals surface area contributed by atoms with E-state index in [-0.39, 0.29) is 11.3 Å². The Morgan fingerprint density at radius 3 is 2.64 bits per heavy atom. The average molecular weight is 494 g/mol. The molecule has 0 saturated carbocycles. The lowest BCUT2D eigenvalue weighted by molar-refractivity contribution is -0.119. The fourth-order valence-corrected chi connectivity index (χ4v) is 4.54. The summed E-state index contributed by atoms with van der Waals surface area (Å²) in [4.78, 5) is 30.7. The van der Waals surface area contributed by atoms with Gasteiger partial charge in [0.15, 0.2) is 6.61 Å². The van der Waals surface area contributed by atoms with Crippen molar-refractivity contribution in [2.45, 2.75) is 12.8 Å². The van der Waals surface area contributed by atoms with Gasteiger partial charge in [0.05, 0.1) is 28.0 Å². The zero-order valence-corrected chi connectivity index (χ0v) is 19.9. The average Bonchev–Trinajstić information content (AvgIpc) is 3.28. The number of pyridine rings is 1. The highest BCUT2D eigenvalue weighted by Crippen LogP contribution is 2.37. The van der Waals surface area contributed by atoms with Crippen LogP contribution in [0, 0.1) is 11.3 Å². The van der Waals surface area contributed by atoms with E-state index in [0.717, 1.165) is 28.8 Å². The van der Waals surface area contributed by atoms with E-state index in [2.05, 4.69) is 11.4 Å². The highest BCUT2D eigenvalue weighted by atomic mass is 35.5. The van der Waals surface area contributed by atoms with Crippen molar-refractivity contribution in [3.8, 4) is 6.07 Å². The molecule has 176 valence electrons. The van der Waals surface area contributed by atoms with Gasteiger partial charge in [0.2, 0.25) is 0 Å². The maximum Gasteiger partial charge on any atom is 0.339 e. The number of carbonyl (C=O) groups is 2. The van der Waals surface area contributed by atoms with Crippen LogP contribution >= 0.6 is 11.6 Å². The molecule has 0 aliphatic heterocycles. The number of hydrogen-bond donors (Lipinski definition) is 1. The van der Waals surface area contributed by atoms with Crippen molar-refractivity contribution in [1.29, 1.82) is 5.26 Å². The van der Waals surface area contributed by atoms with Crippen molar-refractivity contribution in [3.05, 3.63) is 106 Å². The molecule has 1 N–H and O–H groups in total. The lowest BCUT2D eigenvalue weighted by Crippen LogP contribution is -2.22. The van der Waals surface area contributed by atoms with Gasteiger partial charge >= 0.3 is 5.97 Å². The van der Waals surface area contributed by atoms with Crippen LogP contribution in [0.5, 0.6) is 0 Å². The number of hydrogen-bond acceptors (Lipinski definition) is 5. The minimum atomic E-state index is -0.590. The molecule has 1 amide bonds. The minimum Gasteiger partial charge on any atom is -0.452 e. The first-order chi connectivity index (χ1) is 17.5. The Labute approximate surface area is 212 Å². The fraction of sp³-hybridized carbons (Fsp3) is 0.103. The summed E-state index contributed by atoms with van der Waals surface area (Å²) in [7, 11) is 0.